The van der Waals surface area contributed by atoms with Gasteiger partial charge in [0.15, 0.2) is 11.5 Å². The Hall–Kier alpha value is -4.81. The van der Waals surface area contributed by atoms with Gasteiger partial charge in [0, 0.05) is 30.3 Å². The van der Waals surface area contributed by atoms with Crippen LogP contribution in [0.15, 0.2) is 66.7 Å². The summed E-state index contributed by atoms with van der Waals surface area (Å²) in [5.74, 6) is -5.80. The molecule has 3 aromatic rings. The van der Waals surface area contributed by atoms with E-state index in [0.717, 1.165) is 5.56 Å². The predicted molar refractivity (Wildman–Crippen MR) is 149 cm³/mol. The minimum absolute atomic E-state index is 0.0541. The summed E-state index contributed by atoms with van der Waals surface area (Å²) in [6, 6.07) is 15.3. The molecule has 230 valence electrons. The summed E-state index contributed by atoms with van der Waals surface area (Å²) >= 11 is 0. The van der Waals surface area contributed by atoms with Crippen molar-refractivity contribution in [1.82, 2.24) is 0 Å². The number of carbonyl (C=O) groups excluding carboxylic acids is 2. The minimum atomic E-state index is -5.63. The van der Waals surface area contributed by atoms with Crippen molar-refractivity contribution in [3.8, 4) is 17.2 Å². The second-order valence-electron chi connectivity index (χ2n) is 9.19. The van der Waals surface area contributed by atoms with Gasteiger partial charge in [0.25, 0.3) is 0 Å². The fraction of sp³-hybridized carbons (Fsp3) is 0.267. The van der Waals surface area contributed by atoms with E-state index in [-0.39, 0.29) is 29.4 Å². The summed E-state index contributed by atoms with van der Waals surface area (Å²) in [5, 5.41) is 0. The highest BCUT2D eigenvalue weighted by atomic mass is 19.4. The largest absolute Gasteiger partial charge is 0.493 e. The molecule has 0 unspecified atom stereocenters. The van der Waals surface area contributed by atoms with Crippen molar-refractivity contribution in [3.05, 3.63) is 83.4 Å². The predicted octanol–water partition coefficient (Wildman–Crippen LogP) is 6.23. The van der Waals surface area contributed by atoms with E-state index in [0.29, 0.717) is 23.4 Å². The average Bonchev–Trinajstić information content (AvgIpc) is 2.95. The smallest absolute Gasteiger partial charge is 0.453 e. The molecule has 0 fully saturated rings. The average molecular weight is 609 g/mol. The SMILES string of the molecule is COc1cc(C(=O)Oc2ccc(/C=C/C(=O)OCCc3ccc(N)cc3N)cc2)ccc1OCCCC(F)(F)C(F)(F)F. The Morgan fingerprint density at radius 2 is 1.60 bits per heavy atom. The summed E-state index contributed by atoms with van der Waals surface area (Å²) in [4.78, 5) is 24.6. The van der Waals surface area contributed by atoms with E-state index in [1.54, 1.807) is 30.3 Å². The van der Waals surface area contributed by atoms with E-state index in [1.165, 1.54) is 49.6 Å². The lowest BCUT2D eigenvalue weighted by molar-refractivity contribution is -0.284. The number of methoxy groups -OCH3 is 1. The van der Waals surface area contributed by atoms with E-state index in [4.69, 9.17) is 30.4 Å². The van der Waals surface area contributed by atoms with Crippen LogP contribution in [-0.4, -0.2) is 44.4 Å². The number of rotatable bonds is 13. The van der Waals surface area contributed by atoms with Gasteiger partial charge in [-0.2, -0.15) is 22.0 Å². The fourth-order valence-electron chi connectivity index (χ4n) is 3.66. The van der Waals surface area contributed by atoms with Gasteiger partial charge in [0.2, 0.25) is 0 Å². The van der Waals surface area contributed by atoms with Crippen LogP contribution in [0.5, 0.6) is 17.2 Å². The molecule has 43 heavy (non-hydrogen) atoms. The number of nitrogen functional groups attached to an aromatic ring is 2. The molecule has 0 aliphatic carbocycles. The lowest BCUT2D eigenvalue weighted by Gasteiger charge is -2.19. The van der Waals surface area contributed by atoms with Crippen LogP contribution in [-0.2, 0) is 16.0 Å². The van der Waals surface area contributed by atoms with E-state index < -0.39 is 43.5 Å². The van der Waals surface area contributed by atoms with Crippen LogP contribution >= 0.6 is 0 Å². The Morgan fingerprint density at radius 1 is 0.884 bits per heavy atom. The number of anilines is 2. The molecule has 0 atom stereocenters. The highest BCUT2D eigenvalue weighted by Gasteiger charge is 2.56. The first-order valence-corrected chi connectivity index (χ1v) is 12.9. The zero-order valence-electron chi connectivity index (χ0n) is 23.0. The first kappa shape index (κ1) is 32.7. The molecule has 0 saturated heterocycles. The Labute approximate surface area is 244 Å². The van der Waals surface area contributed by atoms with Crippen molar-refractivity contribution in [1.29, 1.82) is 0 Å². The quantitative estimate of drug-likeness (QED) is 0.0585. The van der Waals surface area contributed by atoms with Crippen LogP contribution in [0.1, 0.15) is 34.3 Å². The summed E-state index contributed by atoms with van der Waals surface area (Å²) in [7, 11) is 1.27. The molecule has 3 rings (SSSR count). The molecule has 0 aliphatic heterocycles. The second-order valence-corrected chi connectivity index (χ2v) is 9.19. The Kier molecular flexibility index (Phi) is 10.9. The monoisotopic (exact) mass is 608 g/mol. The molecule has 3 aromatic carbocycles. The van der Waals surface area contributed by atoms with Gasteiger partial charge >= 0.3 is 24.0 Å². The summed E-state index contributed by atoms with van der Waals surface area (Å²) in [5.41, 5.74) is 14.1. The van der Waals surface area contributed by atoms with Gasteiger partial charge in [-0.05, 0) is 66.1 Å². The number of hydrogen-bond donors (Lipinski definition) is 2. The molecule has 0 amide bonds. The molecule has 8 nitrogen and oxygen atoms in total. The summed E-state index contributed by atoms with van der Waals surface area (Å²) in [6.45, 7) is -0.298. The molecule has 0 aliphatic rings. The lowest BCUT2D eigenvalue weighted by Crippen LogP contribution is -2.36. The van der Waals surface area contributed by atoms with Crippen LogP contribution in [0, 0.1) is 0 Å². The van der Waals surface area contributed by atoms with E-state index in [2.05, 4.69) is 0 Å². The molecule has 13 heteroatoms. The fourth-order valence-corrected chi connectivity index (χ4v) is 3.66. The van der Waals surface area contributed by atoms with Crippen molar-refractivity contribution in [2.24, 2.45) is 0 Å². The molecule has 0 aromatic heterocycles. The highest BCUT2D eigenvalue weighted by molar-refractivity contribution is 5.92. The van der Waals surface area contributed by atoms with Crippen LogP contribution < -0.4 is 25.7 Å². The number of hydrogen-bond acceptors (Lipinski definition) is 8. The third-order valence-electron chi connectivity index (χ3n) is 5.99. The maximum Gasteiger partial charge on any atom is 0.453 e. The van der Waals surface area contributed by atoms with Gasteiger partial charge in [0.1, 0.15) is 5.75 Å². The second kappa shape index (κ2) is 14.4. The molecular weight excluding hydrogens is 579 g/mol. The van der Waals surface area contributed by atoms with Gasteiger partial charge < -0.3 is 30.4 Å². The van der Waals surface area contributed by atoms with E-state index in [9.17, 15) is 31.5 Å². The maximum absolute atomic E-state index is 13.0. The Bertz CT molecular complexity index is 1440. The zero-order chi connectivity index (χ0) is 31.6. The first-order chi connectivity index (χ1) is 20.3. The number of halogens is 5. The number of esters is 2. The number of carbonyl (C=O) groups is 2. The van der Waals surface area contributed by atoms with Crippen LogP contribution in [0.4, 0.5) is 33.3 Å². The van der Waals surface area contributed by atoms with E-state index >= 15 is 0 Å². The van der Waals surface area contributed by atoms with Crippen molar-refractivity contribution in [2.75, 3.05) is 31.8 Å². The third kappa shape index (κ3) is 9.62. The molecule has 0 spiro atoms. The van der Waals surface area contributed by atoms with Gasteiger partial charge in [0.05, 0.1) is 25.9 Å². The van der Waals surface area contributed by atoms with Crippen molar-refractivity contribution in [3.63, 3.8) is 0 Å². The van der Waals surface area contributed by atoms with Crippen LogP contribution in [0.25, 0.3) is 6.08 Å². The Morgan fingerprint density at radius 3 is 2.26 bits per heavy atom. The summed E-state index contributed by atoms with van der Waals surface area (Å²) in [6.07, 6.45) is -4.41. The van der Waals surface area contributed by atoms with E-state index in [1.807, 2.05) is 0 Å². The molecule has 0 bridgehead atoms. The highest BCUT2D eigenvalue weighted by Crippen LogP contribution is 2.39. The maximum atomic E-state index is 13.0. The summed E-state index contributed by atoms with van der Waals surface area (Å²) < 4.78 is 83.9. The minimum Gasteiger partial charge on any atom is -0.493 e. The standard InChI is InChI=1S/C30H29F5N2O6/c1-40-26-17-21(7-11-25(26)41-15-2-14-29(31,32)30(33,34)35)28(39)43-23-9-3-19(4-10-23)5-12-27(38)42-16-13-20-6-8-22(36)18-24(20)37/h3-12,17-18H,2,13-16,36-37H2,1H3/b12-5+. The zero-order valence-corrected chi connectivity index (χ0v) is 23.0. The van der Waals surface area contributed by atoms with Crippen molar-refractivity contribution in [2.45, 2.75) is 31.4 Å². The number of nitrogens with two attached hydrogens (primary N) is 2. The van der Waals surface area contributed by atoms with Crippen LogP contribution in [0.2, 0.25) is 0 Å². The normalized spacial score (nSPS) is 11.8. The molecule has 4 N–H and O–H groups in total. The molecule has 0 heterocycles. The molecule has 0 saturated carbocycles. The van der Waals surface area contributed by atoms with Crippen molar-refractivity contribution >= 4 is 29.4 Å². The topological polar surface area (TPSA) is 123 Å². The van der Waals surface area contributed by atoms with Gasteiger partial charge in [-0.1, -0.05) is 18.2 Å². The third-order valence-corrected chi connectivity index (χ3v) is 5.99. The lowest BCUT2D eigenvalue weighted by atomic mass is 10.1. The molecule has 0 radical (unpaired) electrons. The van der Waals surface area contributed by atoms with Gasteiger partial charge in [-0.3, -0.25) is 0 Å². The first-order valence-electron chi connectivity index (χ1n) is 12.9. The van der Waals surface area contributed by atoms with Crippen LogP contribution in [0.3, 0.4) is 0 Å². The number of alkyl halides is 5. The Balaban J connectivity index is 1.48. The van der Waals surface area contributed by atoms with Gasteiger partial charge in [-0.25, -0.2) is 9.59 Å². The molecular formula is C30H29F5N2O6. The number of ether oxygens (including phenoxy) is 4. The van der Waals surface area contributed by atoms with Gasteiger partial charge in [-0.15, -0.1) is 0 Å². The van der Waals surface area contributed by atoms with Crippen molar-refractivity contribution < 1.29 is 50.5 Å². The number of benzene rings is 3.